The number of nitrogens with zero attached hydrogens (tertiary/aromatic N) is 1. The lowest BCUT2D eigenvalue weighted by Crippen LogP contribution is -1.82. The van der Waals surface area contributed by atoms with E-state index in [2.05, 4.69) is 11.6 Å². The van der Waals surface area contributed by atoms with Crippen LogP contribution in [0.15, 0.2) is 54.1 Å². The summed E-state index contributed by atoms with van der Waals surface area (Å²) in [5.74, 6) is 0.0403. The lowest BCUT2D eigenvalue weighted by molar-refractivity contribution is -0.110. The largest absolute Gasteiger partial charge is 0.508 e. The van der Waals surface area contributed by atoms with Crippen LogP contribution in [0.3, 0.4) is 0 Å². The van der Waals surface area contributed by atoms with E-state index >= 15 is 0 Å². The summed E-state index contributed by atoms with van der Waals surface area (Å²) in [6.45, 7) is 3.33. The molecule has 0 aromatic heterocycles. The maximum Gasteiger partial charge on any atom is 0.178 e. The van der Waals surface area contributed by atoms with Gasteiger partial charge in [0.1, 0.15) is 5.75 Å². The van der Waals surface area contributed by atoms with Crippen molar-refractivity contribution in [1.82, 2.24) is 0 Å². The van der Waals surface area contributed by atoms with Crippen molar-refractivity contribution in [2.45, 2.75) is 0 Å². The Morgan fingerprint density at radius 3 is 2.60 bits per heavy atom. The first-order chi connectivity index (χ1) is 7.22. The van der Waals surface area contributed by atoms with E-state index in [-0.39, 0.29) is 11.5 Å². The molecule has 15 heavy (non-hydrogen) atoms. The summed E-state index contributed by atoms with van der Waals surface area (Å²) in [5, 5.41) is 9.01. The molecule has 1 aromatic rings. The highest BCUT2D eigenvalue weighted by Crippen LogP contribution is 2.15. The molecule has 1 rings (SSSR count). The highest BCUT2D eigenvalue weighted by Gasteiger charge is 1.87. The monoisotopic (exact) mass is 201 g/mol. The van der Waals surface area contributed by atoms with Crippen molar-refractivity contribution in [1.29, 1.82) is 0 Å². The molecule has 76 valence electrons. The Labute approximate surface area is 88.1 Å². The Hall–Kier alpha value is -2.16. The number of hydrogen-bond donors (Lipinski definition) is 1. The Morgan fingerprint density at radius 2 is 2.00 bits per heavy atom. The fraction of sp³-hybridized carbons (Fsp3) is 0. The zero-order valence-electron chi connectivity index (χ0n) is 8.13. The Kier molecular flexibility index (Phi) is 4.04. The fourth-order valence-corrected chi connectivity index (χ4v) is 0.874. The maximum absolute atomic E-state index is 10.8. The molecule has 0 radical (unpaired) electrons. The van der Waals surface area contributed by atoms with Crippen LogP contribution in [0.5, 0.6) is 5.75 Å². The molecule has 0 aliphatic rings. The van der Waals surface area contributed by atoms with E-state index in [1.807, 2.05) is 0 Å². The van der Waals surface area contributed by atoms with Crippen molar-refractivity contribution in [3.63, 3.8) is 0 Å². The molecule has 0 saturated carbocycles. The van der Waals surface area contributed by atoms with E-state index in [9.17, 15) is 4.79 Å². The van der Waals surface area contributed by atoms with Crippen LogP contribution < -0.4 is 0 Å². The van der Waals surface area contributed by atoms with Crippen molar-refractivity contribution in [3.05, 3.63) is 49.1 Å². The second kappa shape index (κ2) is 5.54. The molecule has 3 heteroatoms. The minimum absolute atomic E-state index is 0.160. The summed E-state index contributed by atoms with van der Waals surface area (Å²) >= 11 is 0. The van der Waals surface area contributed by atoms with Gasteiger partial charge in [-0.05, 0) is 42.5 Å². The normalized spacial score (nSPS) is 10.9. The molecular formula is C12H11NO2. The van der Waals surface area contributed by atoms with Gasteiger partial charge in [0.05, 0.1) is 5.69 Å². The first kappa shape index (κ1) is 10.9. The van der Waals surface area contributed by atoms with Crippen molar-refractivity contribution < 1.29 is 9.90 Å². The molecule has 0 fully saturated rings. The molecule has 0 spiro atoms. The molecule has 0 aliphatic carbocycles. The molecule has 1 aromatic carbocycles. The first-order valence-corrected chi connectivity index (χ1v) is 4.38. The molecule has 1 N–H and O–H groups in total. The molecule has 0 saturated heterocycles. The zero-order chi connectivity index (χ0) is 11.1. The van der Waals surface area contributed by atoms with Crippen LogP contribution in [0.2, 0.25) is 0 Å². The predicted octanol–water partition coefficient (Wildman–Crippen LogP) is 2.41. The lowest BCUT2D eigenvalue weighted by Gasteiger charge is -1.91. The third kappa shape index (κ3) is 4.04. The van der Waals surface area contributed by atoms with Gasteiger partial charge in [-0.2, -0.15) is 0 Å². The zero-order valence-corrected chi connectivity index (χ0v) is 8.13. The van der Waals surface area contributed by atoms with Gasteiger partial charge in [-0.1, -0.05) is 6.58 Å². The molecule has 3 nitrogen and oxygen atoms in total. The van der Waals surface area contributed by atoms with Crippen LogP contribution in [0.4, 0.5) is 5.69 Å². The SMILES string of the molecule is C=CC(=O)/C=C/C=Nc1ccc(O)cc1. The summed E-state index contributed by atoms with van der Waals surface area (Å²) in [5.41, 5.74) is 0.712. The summed E-state index contributed by atoms with van der Waals surface area (Å²) in [6.07, 6.45) is 5.65. The smallest absolute Gasteiger partial charge is 0.178 e. The molecule has 0 aliphatic heterocycles. The summed E-state index contributed by atoms with van der Waals surface area (Å²) < 4.78 is 0. The van der Waals surface area contributed by atoms with Gasteiger partial charge in [-0.3, -0.25) is 9.79 Å². The molecule has 0 amide bonds. The number of aromatic hydroxyl groups is 1. The van der Waals surface area contributed by atoms with E-state index < -0.39 is 0 Å². The van der Waals surface area contributed by atoms with Crippen LogP contribution in [0.25, 0.3) is 0 Å². The Balaban J connectivity index is 2.58. The fourth-order valence-electron chi connectivity index (χ4n) is 0.874. The number of allylic oxidation sites excluding steroid dienone is 3. The third-order valence-corrected chi connectivity index (χ3v) is 1.62. The number of phenolic OH excluding ortho intramolecular Hbond substituents is 1. The van der Waals surface area contributed by atoms with Crippen molar-refractivity contribution in [2.75, 3.05) is 0 Å². The van der Waals surface area contributed by atoms with Crippen molar-refractivity contribution in [2.24, 2.45) is 4.99 Å². The summed E-state index contributed by atoms with van der Waals surface area (Å²) in [7, 11) is 0. The van der Waals surface area contributed by atoms with E-state index in [1.165, 1.54) is 24.4 Å². The molecule has 0 atom stereocenters. The van der Waals surface area contributed by atoms with Crippen molar-refractivity contribution >= 4 is 17.7 Å². The Bertz CT molecular complexity index is 402. The molecule has 0 bridgehead atoms. The second-order valence-electron chi connectivity index (χ2n) is 2.76. The quantitative estimate of drug-likeness (QED) is 0.600. The number of aliphatic imine (C=N–C) groups is 1. The van der Waals surface area contributed by atoms with Crippen LogP contribution >= 0.6 is 0 Å². The van der Waals surface area contributed by atoms with Gasteiger partial charge in [0.25, 0.3) is 0 Å². The van der Waals surface area contributed by atoms with Gasteiger partial charge in [-0.15, -0.1) is 0 Å². The number of hydrogen-bond acceptors (Lipinski definition) is 3. The number of carbonyl (C=O) groups excluding carboxylic acids is 1. The van der Waals surface area contributed by atoms with Crippen LogP contribution in [-0.4, -0.2) is 17.1 Å². The Morgan fingerprint density at radius 1 is 1.33 bits per heavy atom. The average molecular weight is 201 g/mol. The summed E-state index contributed by atoms with van der Waals surface area (Å²) in [4.78, 5) is 14.8. The van der Waals surface area contributed by atoms with E-state index in [0.29, 0.717) is 5.69 Å². The van der Waals surface area contributed by atoms with Gasteiger partial charge >= 0.3 is 0 Å². The number of rotatable bonds is 4. The highest BCUT2D eigenvalue weighted by molar-refractivity contribution is 6.01. The number of phenols is 1. The minimum Gasteiger partial charge on any atom is -0.508 e. The molecular weight excluding hydrogens is 190 g/mol. The third-order valence-electron chi connectivity index (χ3n) is 1.62. The summed E-state index contributed by atoms with van der Waals surface area (Å²) in [6, 6.07) is 6.44. The second-order valence-corrected chi connectivity index (χ2v) is 2.76. The van der Waals surface area contributed by atoms with E-state index in [4.69, 9.17) is 5.11 Å². The van der Waals surface area contributed by atoms with E-state index in [1.54, 1.807) is 24.3 Å². The highest BCUT2D eigenvalue weighted by atomic mass is 16.3. The first-order valence-electron chi connectivity index (χ1n) is 4.38. The minimum atomic E-state index is -0.160. The predicted molar refractivity (Wildman–Crippen MR) is 60.6 cm³/mol. The standard InChI is InChI=1S/C12H11NO2/c1-2-11(14)4-3-9-13-10-5-7-12(15)8-6-10/h2-9,15H,1H2/b4-3+,13-9?. The van der Waals surface area contributed by atoms with Gasteiger partial charge in [0, 0.05) is 6.21 Å². The van der Waals surface area contributed by atoms with Gasteiger partial charge in [0.15, 0.2) is 5.78 Å². The maximum atomic E-state index is 10.8. The topological polar surface area (TPSA) is 49.7 Å². The van der Waals surface area contributed by atoms with Gasteiger partial charge in [0.2, 0.25) is 0 Å². The van der Waals surface area contributed by atoms with Crippen LogP contribution in [0.1, 0.15) is 0 Å². The molecule has 0 unspecified atom stereocenters. The lowest BCUT2D eigenvalue weighted by atomic mass is 10.3. The van der Waals surface area contributed by atoms with Gasteiger partial charge in [-0.25, -0.2) is 0 Å². The van der Waals surface area contributed by atoms with Gasteiger partial charge < -0.3 is 5.11 Å². The molecule has 0 heterocycles. The van der Waals surface area contributed by atoms with Crippen molar-refractivity contribution in [3.8, 4) is 5.75 Å². The van der Waals surface area contributed by atoms with Crippen LogP contribution in [-0.2, 0) is 4.79 Å². The van der Waals surface area contributed by atoms with Crippen LogP contribution in [0, 0.1) is 0 Å². The average Bonchev–Trinajstić information content (AvgIpc) is 2.26. The number of benzene rings is 1. The number of carbonyl (C=O) groups is 1. The van der Waals surface area contributed by atoms with E-state index in [0.717, 1.165) is 0 Å². The number of ketones is 1.